The molecule has 0 aliphatic carbocycles. The lowest BCUT2D eigenvalue weighted by molar-refractivity contribution is 1.06. The van der Waals surface area contributed by atoms with Crippen molar-refractivity contribution >= 4 is 39.3 Å². The van der Waals surface area contributed by atoms with E-state index in [1.165, 1.54) is 11.8 Å². The molecule has 88 valence electrons. The second-order valence-corrected chi connectivity index (χ2v) is 5.77. The number of hydrogen-bond acceptors (Lipinski definition) is 3. The molecule has 2 rings (SSSR count). The summed E-state index contributed by atoms with van der Waals surface area (Å²) in [7, 11) is 0. The number of nitrogens with zero attached hydrogens (tertiary/aromatic N) is 1. The molecule has 0 bridgehead atoms. The average molecular weight is 330 g/mol. The van der Waals surface area contributed by atoms with Gasteiger partial charge in [-0.05, 0) is 45.8 Å². The van der Waals surface area contributed by atoms with Crippen molar-refractivity contribution in [3.63, 3.8) is 0 Å². The van der Waals surface area contributed by atoms with Crippen LogP contribution in [0.15, 0.2) is 50.9 Å². The molecule has 17 heavy (non-hydrogen) atoms. The molecule has 0 spiro atoms. The van der Waals surface area contributed by atoms with E-state index in [4.69, 9.17) is 17.3 Å². The van der Waals surface area contributed by atoms with Gasteiger partial charge in [0, 0.05) is 22.1 Å². The first-order valence-corrected chi connectivity index (χ1v) is 6.95. The Morgan fingerprint density at radius 3 is 2.71 bits per heavy atom. The molecule has 2 nitrogen and oxygen atoms in total. The van der Waals surface area contributed by atoms with Crippen molar-refractivity contribution in [1.29, 1.82) is 0 Å². The maximum absolute atomic E-state index is 6.18. The van der Waals surface area contributed by atoms with Crippen LogP contribution in [-0.2, 0) is 6.54 Å². The monoisotopic (exact) mass is 328 g/mol. The molecule has 2 aromatic rings. The van der Waals surface area contributed by atoms with Gasteiger partial charge < -0.3 is 5.73 Å². The molecule has 0 saturated carbocycles. The Bertz CT molecular complexity index is 516. The summed E-state index contributed by atoms with van der Waals surface area (Å²) in [5, 5.41) is 1.62. The highest BCUT2D eigenvalue weighted by Crippen LogP contribution is 2.32. The minimum absolute atomic E-state index is 0.501. The SMILES string of the molecule is NCc1ccc(Sc2ccc(Br)cn2)c(Cl)c1. The summed E-state index contributed by atoms with van der Waals surface area (Å²) in [5.74, 6) is 0. The third kappa shape index (κ3) is 3.45. The van der Waals surface area contributed by atoms with Gasteiger partial charge in [0.15, 0.2) is 0 Å². The van der Waals surface area contributed by atoms with E-state index in [-0.39, 0.29) is 0 Å². The number of rotatable bonds is 3. The zero-order valence-corrected chi connectivity index (χ0v) is 12.0. The van der Waals surface area contributed by atoms with E-state index < -0.39 is 0 Å². The first-order valence-electron chi connectivity index (χ1n) is 4.97. The fourth-order valence-corrected chi connectivity index (χ4v) is 2.60. The van der Waals surface area contributed by atoms with Gasteiger partial charge in [0.05, 0.1) is 5.02 Å². The lowest BCUT2D eigenvalue weighted by atomic mass is 10.2. The van der Waals surface area contributed by atoms with Crippen LogP contribution in [0.4, 0.5) is 0 Å². The maximum atomic E-state index is 6.18. The van der Waals surface area contributed by atoms with Gasteiger partial charge in [0.1, 0.15) is 5.03 Å². The standard InChI is InChI=1S/C12H10BrClN2S/c13-9-2-4-12(16-7-9)17-11-3-1-8(6-15)5-10(11)14/h1-5,7H,6,15H2. The lowest BCUT2D eigenvalue weighted by Crippen LogP contribution is -1.95. The Balaban J connectivity index is 2.21. The van der Waals surface area contributed by atoms with Gasteiger partial charge in [-0.25, -0.2) is 4.98 Å². The molecule has 0 radical (unpaired) electrons. The van der Waals surface area contributed by atoms with Crippen LogP contribution < -0.4 is 5.73 Å². The number of nitrogens with two attached hydrogens (primary N) is 1. The molecular formula is C12H10BrClN2S. The summed E-state index contributed by atoms with van der Waals surface area (Å²) in [5.41, 5.74) is 6.59. The zero-order valence-electron chi connectivity index (χ0n) is 8.86. The summed E-state index contributed by atoms with van der Waals surface area (Å²) in [6.45, 7) is 0.501. The summed E-state index contributed by atoms with van der Waals surface area (Å²) >= 11 is 11.1. The first-order chi connectivity index (χ1) is 8.19. The predicted molar refractivity (Wildman–Crippen MR) is 75.4 cm³/mol. The molecule has 0 amide bonds. The largest absolute Gasteiger partial charge is 0.326 e. The third-order valence-electron chi connectivity index (χ3n) is 2.15. The number of pyridine rings is 1. The molecule has 1 aromatic heterocycles. The van der Waals surface area contributed by atoms with Gasteiger partial charge in [0.25, 0.3) is 0 Å². The number of hydrogen-bond donors (Lipinski definition) is 1. The highest BCUT2D eigenvalue weighted by molar-refractivity contribution is 9.10. The van der Waals surface area contributed by atoms with E-state index >= 15 is 0 Å². The van der Waals surface area contributed by atoms with Gasteiger partial charge in [-0.1, -0.05) is 29.4 Å². The lowest BCUT2D eigenvalue weighted by Gasteiger charge is -2.05. The molecule has 0 unspecified atom stereocenters. The van der Waals surface area contributed by atoms with Crippen molar-refractivity contribution < 1.29 is 0 Å². The first kappa shape index (κ1) is 12.9. The van der Waals surface area contributed by atoms with Crippen LogP contribution in [0.25, 0.3) is 0 Å². The Morgan fingerprint density at radius 2 is 2.12 bits per heavy atom. The van der Waals surface area contributed by atoms with Crippen molar-refractivity contribution in [3.05, 3.63) is 51.6 Å². The van der Waals surface area contributed by atoms with Crippen molar-refractivity contribution in [2.24, 2.45) is 5.73 Å². The minimum atomic E-state index is 0.501. The van der Waals surface area contributed by atoms with Crippen molar-refractivity contribution in [1.82, 2.24) is 4.98 Å². The normalized spacial score (nSPS) is 10.5. The van der Waals surface area contributed by atoms with E-state index in [0.29, 0.717) is 11.6 Å². The van der Waals surface area contributed by atoms with Crippen LogP contribution in [0.5, 0.6) is 0 Å². The Hall–Kier alpha value is -0.550. The van der Waals surface area contributed by atoms with E-state index in [1.807, 2.05) is 30.3 Å². The Morgan fingerprint density at radius 1 is 1.29 bits per heavy atom. The quantitative estimate of drug-likeness (QED) is 0.921. The second-order valence-electron chi connectivity index (χ2n) is 3.39. The molecule has 5 heteroatoms. The number of halogens is 2. The van der Waals surface area contributed by atoms with E-state index in [1.54, 1.807) is 6.20 Å². The highest BCUT2D eigenvalue weighted by Gasteiger charge is 2.04. The maximum Gasteiger partial charge on any atom is 0.101 e. The van der Waals surface area contributed by atoms with Crippen LogP contribution in [0.2, 0.25) is 5.02 Å². The van der Waals surface area contributed by atoms with Crippen LogP contribution in [-0.4, -0.2) is 4.98 Å². The van der Waals surface area contributed by atoms with E-state index in [0.717, 1.165) is 20.0 Å². The topological polar surface area (TPSA) is 38.9 Å². The molecule has 0 aliphatic heterocycles. The highest BCUT2D eigenvalue weighted by atomic mass is 79.9. The smallest absolute Gasteiger partial charge is 0.101 e. The van der Waals surface area contributed by atoms with Gasteiger partial charge in [0.2, 0.25) is 0 Å². The van der Waals surface area contributed by atoms with Crippen LogP contribution >= 0.6 is 39.3 Å². The Labute approximate surface area is 118 Å². The summed E-state index contributed by atoms with van der Waals surface area (Å²) in [6.07, 6.45) is 1.77. The third-order valence-corrected chi connectivity index (χ3v) is 4.07. The molecule has 1 aromatic carbocycles. The fraction of sp³-hybridized carbons (Fsp3) is 0.0833. The number of benzene rings is 1. The molecule has 1 heterocycles. The van der Waals surface area contributed by atoms with Crippen LogP contribution in [0.1, 0.15) is 5.56 Å². The summed E-state index contributed by atoms with van der Waals surface area (Å²) in [6, 6.07) is 9.74. The predicted octanol–water partition coefficient (Wildman–Crippen LogP) is 4.11. The zero-order chi connectivity index (χ0) is 12.3. The fourth-order valence-electron chi connectivity index (χ4n) is 1.29. The summed E-state index contributed by atoms with van der Waals surface area (Å²) < 4.78 is 0.964. The van der Waals surface area contributed by atoms with E-state index in [9.17, 15) is 0 Å². The van der Waals surface area contributed by atoms with Crippen LogP contribution in [0, 0.1) is 0 Å². The van der Waals surface area contributed by atoms with Gasteiger partial charge in [-0.15, -0.1) is 0 Å². The average Bonchev–Trinajstić information content (AvgIpc) is 2.34. The van der Waals surface area contributed by atoms with Gasteiger partial charge >= 0.3 is 0 Å². The molecular weight excluding hydrogens is 320 g/mol. The molecule has 0 atom stereocenters. The molecule has 0 fully saturated rings. The summed E-state index contributed by atoms with van der Waals surface area (Å²) in [4.78, 5) is 5.27. The molecule has 2 N–H and O–H groups in total. The number of aromatic nitrogens is 1. The van der Waals surface area contributed by atoms with Crippen molar-refractivity contribution in [2.75, 3.05) is 0 Å². The van der Waals surface area contributed by atoms with Crippen molar-refractivity contribution in [3.8, 4) is 0 Å². The minimum Gasteiger partial charge on any atom is -0.326 e. The Kier molecular flexibility index (Phi) is 4.45. The van der Waals surface area contributed by atoms with Crippen LogP contribution in [0.3, 0.4) is 0 Å². The van der Waals surface area contributed by atoms with Gasteiger partial charge in [-0.3, -0.25) is 0 Å². The van der Waals surface area contributed by atoms with Crippen molar-refractivity contribution in [2.45, 2.75) is 16.5 Å². The molecule has 0 aliphatic rings. The second kappa shape index (κ2) is 5.87. The van der Waals surface area contributed by atoms with Gasteiger partial charge in [-0.2, -0.15) is 0 Å². The molecule has 0 saturated heterocycles. The van der Waals surface area contributed by atoms with E-state index in [2.05, 4.69) is 20.9 Å².